The summed E-state index contributed by atoms with van der Waals surface area (Å²) >= 11 is 1.40. The number of carbonyl (C=O) groups excluding carboxylic acids is 1. The third-order valence-corrected chi connectivity index (χ3v) is 6.06. The van der Waals surface area contributed by atoms with E-state index in [1.165, 1.54) is 18.4 Å². The molecule has 1 atom stereocenters. The highest BCUT2D eigenvalue weighted by Crippen LogP contribution is 2.48. The first kappa shape index (κ1) is 17.1. The monoisotopic (exact) mass is 380 g/mol. The van der Waals surface area contributed by atoms with Gasteiger partial charge in [-0.2, -0.15) is 5.26 Å². The Morgan fingerprint density at radius 1 is 1.48 bits per heavy atom. The number of nitriles is 1. The number of hydrogen-bond acceptors (Lipinski definition) is 7. The lowest BCUT2D eigenvalue weighted by Crippen LogP contribution is -2.22. The second-order valence-electron chi connectivity index (χ2n) is 6.37. The number of nitrogens with one attached hydrogen (secondary N) is 1. The Morgan fingerprint density at radius 3 is 2.96 bits per heavy atom. The van der Waals surface area contributed by atoms with Crippen molar-refractivity contribution in [1.29, 1.82) is 5.26 Å². The van der Waals surface area contributed by atoms with Crippen LogP contribution in [0.1, 0.15) is 34.6 Å². The highest BCUT2D eigenvalue weighted by molar-refractivity contribution is 7.23. The van der Waals surface area contributed by atoms with Crippen molar-refractivity contribution in [2.24, 2.45) is 0 Å². The number of ether oxygens (including phenoxy) is 1. The normalized spacial score (nSPS) is 15.9. The van der Waals surface area contributed by atoms with Gasteiger partial charge in [0.2, 0.25) is 5.91 Å². The number of aromatic nitrogens is 1. The second-order valence-corrected chi connectivity index (χ2v) is 7.39. The molecule has 0 saturated carbocycles. The molecule has 7 nitrogen and oxygen atoms in total. The number of methoxy groups -OCH3 is 1. The maximum atomic E-state index is 12.3. The highest BCUT2D eigenvalue weighted by atomic mass is 32.1. The number of benzene rings is 1. The summed E-state index contributed by atoms with van der Waals surface area (Å²) in [7, 11) is 1.48. The fourth-order valence-electron chi connectivity index (χ4n) is 3.50. The molecule has 0 saturated heterocycles. The number of carbonyl (C=O) groups is 1. The lowest BCUT2D eigenvalue weighted by molar-refractivity contribution is -0.116. The Morgan fingerprint density at radius 2 is 2.26 bits per heavy atom. The molecular weight excluding hydrogens is 364 g/mol. The quantitative estimate of drug-likeness (QED) is 0.627. The Balaban J connectivity index is 1.99. The molecule has 3 heterocycles. The minimum absolute atomic E-state index is 0.0359. The number of phenols is 1. The summed E-state index contributed by atoms with van der Waals surface area (Å²) in [6.45, 7) is 1.83. The zero-order valence-electron chi connectivity index (χ0n) is 14.7. The summed E-state index contributed by atoms with van der Waals surface area (Å²) in [5.74, 6) is 0.208. The number of pyridine rings is 1. The Hall–Kier alpha value is -3.31. The summed E-state index contributed by atoms with van der Waals surface area (Å²) in [6, 6.07) is 7.15. The smallest absolute Gasteiger partial charge is 0.225 e. The van der Waals surface area contributed by atoms with Gasteiger partial charge in [-0.1, -0.05) is 6.07 Å². The average molecular weight is 380 g/mol. The fraction of sp³-hybridized carbons (Fsp3) is 0.211. The summed E-state index contributed by atoms with van der Waals surface area (Å²) in [4.78, 5) is 16.8. The van der Waals surface area contributed by atoms with Crippen molar-refractivity contribution < 1.29 is 14.6 Å². The van der Waals surface area contributed by atoms with Crippen LogP contribution in [0.5, 0.6) is 11.5 Å². The molecule has 1 unspecified atom stereocenters. The van der Waals surface area contributed by atoms with E-state index in [0.717, 1.165) is 21.4 Å². The van der Waals surface area contributed by atoms with E-state index in [1.807, 2.05) is 6.92 Å². The van der Waals surface area contributed by atoms with Crippen molar-refractivity contribution in [2.75, 3.05) is 18.2 Å². The van der Waals surface area contributed by atoms with Crippen molar-refractivity contribution >= 4 is 38.3 Å². The fourth-order valence-corrected chi connectivity index (χ4v) is 4.73. The first-order valence-electron chi connectivity index (χ1n) is 8.24. The van der Waals surface area contributed by atoms with Crippen LogP contribution < -0.4 is 15.8 Å². The Bertz CT molecular complexity index is 1150. The van der Waals surface area contributed by atoms with Gasteiger partial charge >= 0.3 is 0 Å². The second kappa shape index (κ2) is 6.14. The number of aromatic hydroxyl groups is 1. The van der Waals surface area contributed by atoms with Crippen LogP contribution in [0.25, 0.3) is 10.2 Å². The molecular formula is C19H16N4O3S. The average Bonchev–Trinajstić information content (AvgIpc) is 3.00. The molecule has 1 aromatic carbocycles. The molecule has 0 fully saturated rings. The number of aryl methyl sites for hydroxylation is 1. The number of nitrogen functional groups attached to an aromatic ring is 1. The van der Waals surface area contributed by atoms with Gasteiger partial charge < -0.3 is 20.9 Å². The van der Waals surface area contributed by atoms with E-state index in [1.54, 1.807) is 18.2 Å². The van der Waals surface area contributed by atoms with Gasteiger partial charge in [0.05, 0.1) is 22.9 Å². The number of hydrogen-bond donors (Lipinski definition) is 3. The largest absolute Gasteiger partial charge is 0.504 e. The number of phenolic OH excluding ortho intramolecular Hbond substituents is 1. The maximum absolute atomic E-state index is 12.3. The molecule has 1 aliphatic rings. The maximum Gasteiger partial charge on any atom is 0.225 e. The van der Waals surface area contributed by atoms with Crippen LogP contribution in [0, 0.1) is 18.3 Å². The van der Waals surface area contributed by atoms with Crippen LogP contribution in [-0.4, -0.2) is 23.1 Å². The van der Waals surface area contributed by atoms with E-state index in [0.29, 0.717) is 21.8 Å². The van der Waals surface area contributed by atoms with E-state index in [2.05, 4.69) is 16.4 Å². The van der Waals surface area contributed by atoms with Gasteiger partial charge in [-0.25, -0.2) is 4.98 Å². The molecule has 4 N–H and O–H groups in total. The van der Waals surface area contributed by atoms with Crippen LogP contribution in [0.4, 0.5) is 10.8 Å². The third-order valence-electron chi connectivity index (χ3n) is 4.83. The van der Waals surface area contributed by atoms with Crippen molar-refractivity contribution in [3.05, 3.63) is 40.5 Å². The number of nitrogens with zero attached hydrogens (tertiary/aromatic N) is 2. The van der Waals surface area contributed by atoms with E-state index in [-0.39, 0.29) is 29.8 Å². The molecule has 0 bridgehead atoms. The van der Waals surface area contributed by atoms with Gasteiger partial charge in [-0.05, 0) is 30.2 Å². The molecule has 4 rings (SSSR count). The van der Waals surface area contributed by atoms with Crippen LogP contribution in [0.2, 0.25) is 0 Å². The predicted molar refractivity (Wildman–Crippen MR) is 103 cm³/mol. The molecule has 0 aliphatic carbocycles. The number of nitrogens with two attached hydrogens (primary N) is 1. The van der Waals surface area contributed by atoms with E-state index in [9.17, 15) is 15.2 Å². The zero-order valence-corrected chi connectivity index (χ0v) is 15.5. The number of rotatable bonds is 2. The highest BCUT2D eigenvalue weighted by Gasteiger charge is 2.32. The molecule has 8 heteroatoms. The predicted octanol–water partition coefficient (Wildman–Crippen LogP) is 3.25. The summed E-state index contributed by atoms with van der Waals surface area (Å²) in [5.41, 5.74) is 9.52. The van der Waals surface area contributed by atoms with Gasteiger partial charge in [-0.15, -0.1) is 11.3 Å². The number of thiophene rings is 1. The summed E-state index contributed by atoms with van der Waals surface area (Å²) < 4.78 is 6.05. The molecule has 1 amide bonds. The number of anilines is 2. The van der Waals surface area contributed by atoms with Gasteiger partial charge in [0.1, 0.15) is 16.9 Å². The number of fused-ring (bicyclic) bond motifs is 3. The molecule has 1 aliphatic heterocycles. The zero-order chi connectivity index (χ0) is 19.3. The molecule has 0 spiro atoms. The standard InChI is InChI=1S/C19H16N4O3S/c1-8-11(7-20)18(21)23-16-15-10(6-14(25)22-19(15)27-17(8)16)9-3-4-12(24)13(5-9)26-2/h3-5,10,24H,6H2,1-2H3,(H2,21,23)(H,22,25). The van der Waals surface area contributed by atoms with Crippen molar-refractivity contribution in [2.45, 2.75) is 19.3 Å². The molecule has 27 heavy (non-hydrogen) atoms. The number of amides is 1. The molecule has 2 aromatic heterocycles. The minimum Gasteiger partial charge on any atom is -0.504 e. The SMILES string of the molecule is COc1cc(C2CC(=O)Nc3sc4c(C)c(C#N)c(N)nc4c32)ccc1O. The molecule has 3 aromatic rings. The van der Waals surface area contributed by atoms with Crippen molar-refractivity contribution in [3.63, 3.8) is 0 Å². The summed E-state index contributed by atoms with van der Waals surface area (Å²) in [5, 5.41) is 22.8. The van der Waals surface area contributed by atoms with Gasteiger partial charge in [0, 0.05) is 17.9 Å². The lowest BCUT2D eigenvalue weighted by atomic mass is 9.86. The van der Waals surface area contributed by atoms with Crippen molar-refractivity contribution in [3.8, 4) is 17.6 Å². The third kappa shape index (κ3) is 2.55. The Labute approximate surface area is 159 Å². The van der Waals surface area contributed by atoms with Crippen LogP contribution in [0.3, 0.4) is 0 Å². The lowest BCUT2D eigenvalue weighted by Gasteiger charge is -2.23. The first-order chi connectivity index (χ1) is 12.9. The van der Waals surface area contributed by atoms with Gasteiger partial charge in [0.25, 0.3) is 0 Å². The first-order valence-corrected chi connectivity index (χ1v) is 9.05. The van der Waals surface area contributed by atoms with Crippen LogP contribution in [0.15, 0.2) is 18.2 Å². The van der Waals surface area contributed by atoms with Gasteiger partial charge in [0.15, 0.2) is 11.5 Å². The van der Waals surface area contributed by atoms with Crippen molar-refractivity contribution in [1.82, 2.24) is 4.98 Å². The summed E-state index contributed by atoms with van der Waals surface area (Å²) in [6.07, 6.45) is 0.243. The van der Waals surface area contributed by atoms with Crippen LogP contribution in [-0.2, 0) is 4.79 Å². The Kier molecular flexibility index (Phi) is 3.89. The van der Waals surface area contributed by atoms with E-state index in [4.69, 9.17) is 10.5 Å². The van der Waals surface area contributed by atoms with E-state index >= 15 is 0 Å². The van der Waals surface area contributed by atoms with E-state index < -0.39 is 0 Å². The van der Waals surface area contributed by atoms with Gasteiger partial charge in [-0.3, -0.25) is 4.79 Å². The molecule has 136 valence electrons. The topological polar surface area (TPSA) is 121 Å². The molecule has 0 radical (unpaired) electrons. The van der Waals surface area contributed by atoms with Crippen LogP contribution >= 0.6 is 11.3 Å². The minimum atomic E-state index is -0.253.